The van der Waals surface area contributed by atoms with Gasteiger partial charge in [-0.1, -0.05) is 0 Å². The molecule has 0 heterocycles. The van der Waals surface area contributed by atoms with Gasteiger partial charge in [0.05, 0.1) is 4.75 Å². The van der Waals surface area contributed by atoms with Gasteiger partial charge in [0.2, 0.25) is 0 Å². The van der Waals surface area contributed by atoms with E-state index in [9.17, 15) is 8.42 Å². The minimum Gasteiger partial charge on any atom is -0.304 e. The van der Waals surface area contributed by atoms with Crippen LogP contribution in [0, 0.1) is 0 Å². The molecule has 14 heavy (non-hydrogen) atoms. The van der Waals surface area contributed by atoms with Gasteiger partial charge in [0, 0.05) is 5.54 Å². The lowest BCUT2D eigenvalue weighted by molar-refractivity contribution is 0.165. The highest BCUT2D eigenvalue weighted by Crippen LogP contribution is 2.29. The van der Waals surface area contributed by atoms with Crippen molar-refractivity contribution in [1.29, 1.82) is 0 Å². The molecule has 4 nitrogen and oxygen atoms in total. The fraction of sp³-hybridized carbons (Fsp3) is 1.00. The van der Waals surface area contributed by atoms with Gasteiger partial charge >= 0.3 is 0 Å². The molecule has 0 unspecified atom stereocenters. The van der Waals surface area contributed by atoms with Crippen LogP contribution in [0.3, 0.4) is 0 Å². The van der Waals surface area contributed by atoms with E-state index < -0.39 is 14.9 Å². The maximum atomic E-state index is 11.1. The molecule has 0 aromatic heterocycles. The Balaban J connectivity index is 4.86. The van der Waals surface area contributed by atoms with E-state index in [1.165, 1.54) is 13.8 Å². The molecule has 0 saturated carbocycles. The maximum Gasteiger partial charge on any atom is 0.270 e. The van der Waals surface area contributed by atoms with Crippen LogP contribution in [0.25, 0.3) is 0 Å². The van der Waals surface area contributed by atoms with E-state index in [0.29, 0.717) is 6.42 Å². The van der Waals surface area contributed by atoms with Crippen molar-refractivity contribution < 1.29 is 13.0 Å². The highest BCUT2D eigenvalue weighted by atomic mass is 32.2. The van der Waals surface area contributed by atoms with Crippen molar-refractivity contribution in [3.05, 3.63) is 0 Å². The molecule has 0 saturated heterocycles. The van der Waals surface area contributed by atoms with E-state index in [2.05, 4.69) is 0 Å². The van der Waals surface area contributed by atoms with Gasteiger partial charge in [-0.2, -0.15) is 8.42 Å². The zero-order valence-electron chi connectivity index (χ0n) is 9.83. The predicted octanol–water partition coefficient (Wildman–Crippen LogP) is 1.38. The Morgan fingerprint density at radius 3 is 1.71 bits per heavy atom. The van der Waals surface area contributed by atoms with Gasteiger partial charge in [-0.25, -0.2) is 0 Å². The Labute approximate surface area is 87.0 Å². The van der Waals surface area contributed by atoms with Gasteiger partial charge in [0.15, 0.2) is 0 Å². The molecular formula is C9H21NO3S. The van der Waals surface area contributed by atoms with Crippen molar-refractivity contribution in [3.8, 4) is 0 Å². The Morgan fingerprint density at radius 2 is 1.50 bits per heavy atom. The highest BCUT2D eigenvalue weighted by Gasteiger charge is 2.39. The van der Waals surface area contributed by atoms with Gasteiger partial charge < -0.3 is 4.90 Å². The van der Waals surface area contributed by atoms with Crippen LogP contribution in [-0.4, -0.2) is 42.3 Å². The second-order valence-corrected chi connectivity index (χ2v) is 7.17. The summed E-state index contributed by atoms with van der Waals surface area (Å²) in [6, 6.07) is 0. The molecule has 0 aliphatic carbocycles. The second kappa shape index (κ2) is 3.79. The summed E-state index contributed by atoms with van der Waals surface area (Å²) in [5.41, 5.74) is -0.265. The van der Waals surface area contributed by atoms with E-state index in [4.69, 9.17) is 4.55 Å². The van der Waals surface area contributed by atoms with Gasteiger partial charge in [0.25, 0.3) is 10.1 Å². The van der Waals surface area contributed by atoms with Crippen LogP contribution < -0.4 is 0 Å². The summed E-state index contributed by atoms with van der Waals surface area (Å²) in [6.45, 7) is 6.96. The van der Waals surface area contributed by atoms with E-state index in [1.807, 2.05) is 32.8 Å². The first kappa shape index (κ1) is 13.9. The Hall–Kier alpha value is -0.130. The molecule has 0 spiro atoms. The number of nitrogens with zero attached hydrogens (tertiary/aromatic N) is 1. The zero-order chi connectivity index (χ0) is 11.8. The van der Waals surface area contributed by atoms with E-state index in [1.54, 1.807) is 0 Å². The molecule has 0 bridgehead atoms. The van der Waals surface area contributed by atoms with Crippen molar-refractivity contribution in [2.45, 2.75) is 44.4 Å². The smallest absolute Gasteiger partial charge is 0.270 e. The van der Waals surface area contributed by atoms with Crippen LogP contribution in [0.1, 0.15) is 34.1 Å². The number of hydrogen-bond donors (Lipinski definition) is 1. The first-order valence-electron chi connectivity index (χ1n) is 4.55. The second-order valence-electron chi connectivity index (χ2n) is 5.12. The Bertz CT molecular complexity index is 291. The minimum absolute atomic E-state index is 0.265. The predicted molar refractivity (Wildman–Crippen MR) is 58.0 cm³/mol. The summed E-state index contributed by atoms with van der Waals surface area (Å²) in [6.07, 6.45) is 0.381. The molecular weight excluding hydrogens is 202 g/mol. The first-order chi connectivity index (χ1) is 5.90. The van der Waals surface area contributed by atoms with Gasteiger partial charge in [-0.15, -0.1) is 0 Å². The topological polar surface area (TPSA) is 57.6 Å². The molecule has 0 amide bonds. The van der Waals surface area contributed by atoms with Gasteiger partial charge in [-0.3, -0.25) is 4.55 Å². The van der Waals surface area contributed by atoms with Crippen molar-refractivity contribution in [2.24, 2.45) is 0 Å². The van der Waals surface area contributed by atoms with Crippen molar-refractivity contribution in [3.63, 3.8) is 0 Å². The lowest BCUT2D eigenvalue weighted by atomic mass is 9.91. The third-order valence-corrected chi connectivity index (χ3v) is 4.31. The van der Waals surface area contributed by atoms with Crippen molar-refractivity contribution in [2.75, 3.05) is 14.1 Å². The van der Waals surface area contributed by atoms with Crippen LogP contribution >= 0.6 is 0 Å². The molecule has 0 atom stereocenters. The largest absolute Gasteiger partial charge is 0.304 e. The van der Waals surface area contributed by atoms with Crippen LogP contribution in [0.5, 0.6) is 0 Å². The molecule has 0 aromatic carbocycles. The summed E-state index contributed by atoms with van der Waals surface area (Å²) in [7, 11) is -0.218. The maximum absolute atomic E-state index is 11.1. The molecule has 0 aliphatic rings. The van der Waals surface area contributed by atoms with Crippen LogP contribution in [-0.2, 0) is 10.1 Å². The van der Waals surface area contributed by atoms with Crippen molar-refractivity contribution >= 4 is 10.1 Å². The lowest BCUT2D eigenvalue weighted by Crippen LogP contribution is -2.46. The number of hydrogen-bond acceptors (Lipinski definition) is 3. The SMILES string of the molecule is CN(C)C(C)(C)CC(C)(C)S(=O)(=O)O. The third-order valence-electron chi connectivity index (χ3n) is 2.77. The Kier molecular flexibility index (Phi) is 3.76. The molecule has 86 valence electrons. The van der Waals surface area contributed by atoms with Crippen LogP contribution in [0.2, 0.25) is 0 Å². The van der Waals surface area contributed by atoms with Gasteiger partial charge in [-0.05, 0) is 48.2 Å². The van der Waals surface area contributed by atoms with E-state index in [-0.39, 0.29) is 5.54 Å². The normalized spacial score (nSPS) is 14.9. The van der Waals surface area contributed by atoms with Gasteiger partial charge in [0.1, 0.15) is 0 Å². The summed E-state index contributed by atoms with van der Waals surface area (Å²) < 4.78 is 30.1. The minimum atomic E-state index is -4.00. The third kappa shape index (κ3) is 3.22. The molecule has 1 N–H and O–H groups in total. The summed E-state index contributed by atoms with van der Waals surface area (Å²) in [4.78, 5) is 1.94. The molecule has 0 aromatic rings. The fourth-order valence-electron chi connectivity index (χ4n) is 1.29. The molecule has 0 fully saturated rings. The summed E-state index contributed by atoms with van der Waals surface area (Å²) in [5.74, 6) is 0. The summed E-state index contributed by atoms with van der Waals surface area (Å²) >= 11 is 0. The number of rotatable bonds is 4. The average molecular weight is 223 g/mol. The molecule has 0 aliphatic heterocycles. The standard InChI is InChI=1S/C9H21NO3S/c1-8(2,10(5)6)7-9(3,4)14(11,12)13/h7H2,1-6H3,(H,11,12,13). The Morgan fingerprint density at radius 1 is 1.14 bits per heavy atom. The van der Waals surface area contributed by atoms with Crippen LogP contribution in [0.15, 0.2) is 0 Å². The molecule has 0 radical (unpaired) electrons. The quantitative estimate of drug-likeness (QED) is 0.732. The monoisotopic (exact) mass is 223 g/mol. The zero-order valence-corrected chi connectivity index (χ0v) is 10.6. The highest BCUT2D eigenvalue weighted by molar-refractivity contribution is 7.87. The van der Waals surface area contributed by atoms with E-state index in [0.717, 1.165) is 0 Å². The van der Waals surface area contributed by atoms with E-state index >= 15 is 0 Å². The summed E-state index contributed by atoms with van der Waals surface area (Å²) in [5, 5.41) is 0. The average Bonchev–Trinajstić information content (AvgIpc) is 1.80. The molecule has 5 heteroatoms. The fourth-order valence-corrected chi connectivity index (χ4v) is 1.83. The first-order valence-corrected chi connectivity index (χ1v) is 5.99. The van der Waals surface area contributed by atoms with Crippen molar-refractivity contribution in [1.82, 2.24) is 4.90 Å². The van der Waals surface area contributed by atoms with Crippen LogP contribution in [0.4, 0.5) is 0 Å². The lowest BCUT2D eigenvalue weighted by Gasteiger charge is -2.38. The molecule has 0 rings (SSSR count).